The second kappa shape index (κ2) is 17.9. The number of nitrogens with one attached hydrogen (secondary N) is 1. The zero-order valence-corrected chi connectivity index (χ0v) is 26.0. The Kier molecular flexibility index (Phi) is 15.0. The van der Waals surface area contributed by atoms with E-state index in [2.05, 4.69) is 25.2 Å². The Morgan fingerprint density at radius 1 is 0.878 bits per heavy atom. The van der Waals surface area contributed by atoms with Gasteiger partial charge >= 0.3 is 0 Å². The third kappa shape index (κ3) is 11.5. The highest BCUT2D eigenvalue weighted by Crippen LogP contribution is 2.32. The predicted molar refractivity (Wildman–Crippen MR) is 163 cm³/mol. The molecule has 0 saturated carbocycles. The number of nitrogens with two attached hydrogens (primary N) is 1. The Hall–Kier alpha value is -2.81. The molecule has 4 N–H and O–H groups in total. The van der Waals surface area contributed by atoms with E-state index < -0.39 is 12.1 Å². The van der Waals surface area contributed by atoms with Crippen LogP contribution >= 0.6 is 0 Å². The van der Waals surface area contributed by atoms with E-state index in [0.717, 1.165) is 29.7 Å². The summed E-state index contributed by atoms with van der Waals surface area (Å²) in [6, 6.07) is 13.2. The molecule has 2 aromatic carbocycles. The average molecular weight is 573 g/mol. The molecule has 8 nitrogen and oxygen atoms in total. The molecule has 0 aromatic heterocycles. The Morgan fingerprint density at radius 3 is 2.15 bits per heavy atom. The first-order chi connectivity index (χ1) is 19.6. The number of ether oxygens (including phenoxy) is 4. The summed E-state index contributed by atoms with van der Waals surface area (Å²) in [5.74, 6) is 2.44. The molecule has 0 aliphatic rings. The molecule has 41 heavy (non-hydrogen) atoms. The van der Waals surface area contributed by atoms with Crippen molar-refractivity contribution in [2.24, 2.45) is 29.4 Å². The van der Waals surface area contributed by atoms with Crippen molar-refractivity contribution < 1.29 is 28.8 Å². The van der Waals surface area contributed by atoms with Crippen molar-refractivity contribution in [1.29, 1.82) is 0 Å². The van der Waals surface area contributed by atoms with Gasteiger partial charge in [-0.3, -0.25) is 4.79 Å². The number of methoxy groups -OCH3 is 3. The fourth-order valence-corrected chi connectivity index (χ4v) is 4.93. The molecule has 0 radical (unpaired) electrons. The summed E-state index contributed by atoms with van der Waals surface area (Å²) >= 11 is 0. The fraction of sp³-hybridized carbons (Fsp3) is 0.606. The molecule has 8 heteroatoms. The van der Waals surface area contributed by atoms with Crippen molar-refractivity contribution in [3.63, 3.8) is 0 Å². The molecule has 0 unspecified atom stereocenters. The lowest BCUT2D eigenvalue weighted by Crippen LogP contribution is -2.42. The SMILES string of the molecule is COCCCOc1cc(C[C@@H](C[C@H](N)[C@@H](O)C[C@H](C(=O)NCc2ccc(OC)cc2)C(C)C)C(C)C)ccc1OC. The van der Waals surface area contributed by atoms with Gasteiger partial charge in [0.1, 0.15) is 5.75 Å². The number of hydrogen-bond donors (Lipinski definition) is 3. The van der Waals surface area contributed by atoms with E-state index in [0.29, 0.717) is 50.0 Å². The third-order valence-electron chi connectivity index (χ3n) is 7.75. The number of aliphatic hydroxyl groups excluding tert-OH is 1. The predicted octanol–water partition coefficient (Wildman–Crippen LogP) is 4.99. The topological polar surface area (TPSA) is 112 Å². The zero-order valence-electron chi connectivity index (χ0n) is 26.0. The Bertz CT molecular complexity index is 1030. The van der Waals surface area contributed by atoms with Crippen molar-refractivity contribution >= 4 is 5.91 Å². The van der Waals surface area contributed by atoms with Gasteiger partial charge in [-0.1, -0.05) is 45.9 Å². The molecular weight excluding hydrogens is 520 g/mol. The largest absolute Gasteiger partial charge is 0.497 e. The lowest BCUT2D eigenvalue weighted by molar-refractivity contribution is -0.127. The second-order valence-corrected chi connectivity index (χ2v) is 11.5. The molecule has 4 atom stereocenters. The normalized spacial score (nSPS) is 14.4. The first-order valence-electron chi connectivity index (χ1n) is 14.7. The van der Waals surface area contributed by atoms with Gasteiger partial charge in [0.2, 0.25) is 5.91 Å². The van der Waals surface area contributed by atoms with Crippen LogP contribution in [0, 0.1) is 23.7 Å². The number of hydrogen-bond acceptors (Lipinski definition) is 7. The van der Waals surface area contributed by atoms with E-state index in [1.165, 1.54) is 0 Å². The highest BCUT2D eigenvalue weighted by molar-refractivity contribution is 5.78. The van der Waals surface area contributed by atoms with Crippen LogP contribution in [-0.4, -0.2) is 57.7 Å². The van der Waals surface area contributed by atoms with Gasteiger partial charge < -0.3 is 35.1 Å². The first-order valence-corrected chi connectivity index (χ1v) is 14.7. The molecule has 0 saturated heterocycles. The molecule has 0 aliphatic heterocycles. The van der Waals surface area contributed by atoms with E-state index in [1.807, 2.05) is 50.2 Å². The van der Waals surface area contributed by atoms with Crippen LogP contribution in [-0.2, 0) is 22.5 Å². The summed E-state index contributed by atoms with van der Waals surface area (Å²) in [6.45, 7) is 9.97. The molecule has 0 spiro atoms. The molecule has 0 heterocycles. The van der Waals surface area contributed by atoms with Crippen molar-refractivity contribution in [3.05, 3.63) is 53.6 Å². The number of amides is 1. The average Bonchev–Trinajstić information content (AvgIpc) is 2.96. The second-order valence-electron chi connectivity index (χ2n) is 11.5. The summed E-state index contributed by atoms with van der Waals surface area (Å²) < 4.78 is 21.8. The minimum absolute atomic E-state index is 0.0650. The van der Waals surface area contributed by atoms with Gasteiger partial charge in [0.25, 0.3) is 0 Å². The smallest absolute Gasteiger partial charge is 0.223 e. The number of carbonyl (C=O) groups is 1. The molecule has 1 amide bonds. The third-order valence-corrected chi connectivity index (χ3v) is 7.75. The minimum atomic E-state index is -0.786. The molecule has 0 bridgehead atoms. The van der Waals surface area contributed by atoms with Gasteiger partial charge in [-0.05, 0) is 72.4 Å². The van der Waals surface area contributed by atoms with Crippen LogP contribution in [0.4, 0.5) is 0 Å². The minimum Gasteiger partial charge on any atom is -0.497 e. The van der Waals surface area contributed by atoms with Gasteiger partial charge in [-0.2, -0.15) is 0 Å². The maximum atomic E-state index is 13.1. The van der Waals surface area contributed by atoms with Gasteiger partial charge in [-0.25, -0.2) is 0 Å². The summed E-state index contributed by atoms with van der Waals surface area (Å²) in [4.78, 5) is 13.1. The Morgan fingerprint density at radius 2 is 1.56 bits per heavy atom. The van der Waals surface area contributed by atoms with Crippen LogP contribution in [0.2, 0.25) is 0 Å². The van der Waals surface area contributed by atoms with Crippen molar-refractivity contribution in [2.75, 3.05) is 34.5 Å². The maximum absolute atomic E-state index is 13.1. The van der Waals surface area contributed by atoms with E-state index in [4.69, 9.17) is 24.7 Å². The summed E-state index contributed by atoms with van der Waals surface area (Å²) in [7, 11) is 4.94. The highest BCUT2D eigenvalue weighted by Gasteiger charge is 2.29. The zero-order chi connectivity index (χ0) is 30.4. The highest BCUT2D eigenvalue weighted by atomic mass is 16.5. The van der Waals surface area contributed by atoms with Crippen LogP contribution in [0.15, 0.2) is 42.5 Å². The van der Waals surface area contributed by atoms with Crippen molar-refractivity contribution in [2.45, 2.75) is 72.1 Å². The van der Waals surface area contributed by atoms with E-state index in [9.17, 15) is 9.90 Å². The number of benzene rings is 2. The Labute approximate surface area is 246 Å². The van der Waals surface area contributed by atoms with Crippen LogP contribution in [0.25, 0.3) is 0 Å². The Balaban J connectivity index is 2.00. The molecule has 0 aliphatic carbocycles. The van der Waals surface area contributed by atoms with Gasteiger partial charge in [0, 0.05) is 38.6 Å². The van der Waals surface area contributed by atoms with Crippen LogP contribution in [0.3, 0.4) is 0 Å². The van der Waals surface area contributed by atoms with E-state index in [1.54, 1.807) is 21.3 Å². The van der Waals surface area contributed by atoms with Gasteiger partial charge in [-0.15, -0.1) is 0 Å². The van der Waals surface area contributed by atoms with Gasteiger partial charge in [0.05, 0.1) is 26.9 Å². The van der Waals surface area contributed by atoms with Crippen LogP contribution in [0.1, 0.15) is 58.1 Å². The lowest BCUT2D eigenvalue weighted by atomic mass is 9.81. The number of rotatable bonds is 19. The molecule has 2 rings (SSSR count). The summed E-state index contributed by atoms with van der Waals surface area (Å²) in [6.07, 6.45) is 1.77. The van der Waals surface area contributed by atoms with Gasteiger partial charge in [0.15, 0.2) is 11.5 Å². The van der Waals surface area contributed by atoms with E-state index in [-0.39, 0.29) is 23.7 Å². The summed E-state index contributed by atoms with van der Waals surface area (Å²) in [5.41, 5.74) is 8.69. The monoisotopic (exact) mass is 572 g/mol. The van der Waals surface area contributed by atoms with Crippen molar-refractivity contribution in [1.82, 2.24) is 5.32 Å². The van der Waals surface area contributed by atoms with Crippen molar-refractivity contribution in [3.8, 4) is 17.2 Å². The van der Waals surface area contributed by atoms with Crippen LogP contribution < -0.4 is 25.3 Å². The molecule has 2 aromatic rings. The maximum Gasteiger partial charge on any atom is 0.223 e. The van der Waals surface area contributed by atoms with E-state index >= 15 is 0 Å². The quantitative estimate of drug-likeness (QED) is 0.203. The molecule has 230 valence electrons. The first kappa shape index (κ1) is 34.4. The standard InChI is InChI=1S/C33H52N2O6/c1-22(2)26(17-25-11-14-31(40-7)32(18-25)41-16-8-15-38-5)19-29(34)30(36)20-28(23(3)4)33(37)35-21-24-9-12-27(39-6)13-10-24/h9-14,18,22-23,26,28-30,36H,8,15-17,19-21,34H2,1-7H3,(H,35,37)/t26-,28-,29-,30-/m0/s1. The number of aliphatic hydroxyl groups is 1. The lowest BCUT2D eigenvalue weighted by Gasteiger charge is -2.30. The summed E-state index contributed by atoms with van der Waals surface area (Å²) in [5, 5.41) is 14.1. The van der Waals surface area contributed by atoms with Crippen LogP contribution in [0.5, 0.6) is 17.2 Å². The molecule has 0 fully saturated rings. The fourth-order valence-electron chi connectivity index (χ4n) is 4.93. The number of carbonyl (C=O) groups excluding carboxylic acids is 1. The molecular formula is C33H52N2O6.